The second-order valence-electron chi connectivity index (χ2n) is 7.46. The summed E-state index contributed by atoms with van der Waals surface area (Å²) >= 11 is 0. The summed E-state index contributed by atoms with van der Waals surface area (Å²) in [4.78, 5) is 14.2. The van der Waals surface area contributed by atoms with Gasteiger partial charge in [0.25, 0.3) is 0 Å². The number of esters is 1. The van der Waals surface area contributed by atoms with Crippen molar-refractivity contribution in [3.8, 4) is 0 Å². The molecule has 1 aliphatic rings. The van der Waals surface area contributed by atoms with Crippen LogP contribution >= 0.6 is 0 Å². The first-order valence-electron chi connectivity index (χ1n) is 9.70. The minimum absolute atomic E-state index is 0.0178. The molecule has 3 rings (SSSR count). The molecular weight excluding hydrogens is 452 g/mol. The number of nitrogens with zero attached hydrogens (tertiary/aromatic N) is 2. The Labute approximate surface area is 183 Å². The zero-order chi connectivity index (χ0) is 23.5. The van der Waals surface area contributed by atoms with E-state index in [2.05, 4.69) is 0 Å². The molecule has 174 valence electrons. The smallest absolute Gasteiger partial charge is 0.416 e. The molecule has 0 aromatic heterocycles. The first-order valence-corrected chi connectivity index (χ1v) is 11.3. The van der Waals surface area contributed by atoms with Crippen LogP contribution in [0.4, 0.5) is 17.6 Å². The molecule has 1 saturated heterocycles. The van der Waals surface area contributed by atoms with Crippen molar-refractivity contribution < 1.29 is 35.5 Å². The number of ether oxygens (including phenoxy) is 1. The molecule has 0 spiro atoms. The minimum atomic E-state index is -4.51. The summed E-state index contributed by atoms with van der Waals surface area (Å²) in [6.07, 6.45) is -4.51. The van der Waals surface area contributed by atoms with E-state index in [0.717, 1.165) is 29.1 Å². The Morgan fingerprint density at radius 2 is 1.59 bits per heavy atom. The zero-order valence-electron chi connectivity index (χ0n) is 17.2. The molecule has 1 unspecified atom stereocenters. The maximum Gasteiger partial charge on any atom is 0.416 e. The van der Waals surface area contributed by atoms with Crippen LogP contribution in [0.1, 0.15) is 16.7 Å². The second-order valence-corrected chi connectivity index (χ2v) is 9.50. The van der Waals surface area contributed by atoms with Crippen LogP contribution in [0.2, 0.25) is 0 Å². The van der Waals surface area contributed by atoms with Gasteiger partial charge in [0, 0.05) is 26.2 Å². The van der Waals surface area contributed by atoms with Gasteiger partial charge in [-0.25, -0.2) is 12.8 Å². The van der Waals surface area contributed by atoms with Gasteiger partial charge >= 0.3 is 12.1 Å². The van der Waals surface area contributed by atoms with E-state index < -0.39 is 39.6 Å². The van der Waals surface area contributed by atoms with Crippen LogP contribution in [0.15, 0.2) is 48.5 Å². The minimum Gasteiger partial charge on any atom is -0.468 e. The van der Waals surface area contributed by atoms with Crippen LogP contribution in [0.3, 0.4) is 0 Å². The van der Waals surface area contributed by atoms with Gasteiger partial charge in [0.05, 0.1) is 18.4 Å². The Morgan fingerprint density at radius 3 is 2.16 bits per heavy atom. The summed E-state index contributed by atoms with van der Waals surface area (Å²) in [5.41, 5.74) is 0.195. The van der Waals surface area contributed by atoms with E-state index in [0.29, 0.717) is 5.56 Å². The van der Waals surface area contributed by atoms with Crippen LogP contribution in [0, 0.1) is 5.82 Å². The SMILES string of the molecule is COC(=O)C1CN(Cc2ccc(F)cc2)CCS(=O)(=O)N1Cc1ccc(C(F)(F)F)cc1. The molecule has 0 aliphatic carbocycles. The molecule has 1 fully saturated rings. The lowest BCUT2D eigenvalue weighted by Crippen LogP contribution is -2.48. The van der Waals surface area contributed by atoms with E-state index in [-0.39, 0.29) is 31.9 Å². The van der Waals surface area contributed by atoms with Crippen molar-refractivity contribution in [1.29, 1.82) is 0 Å². The second kappa shape index (κ2) is 9.55. The van der Waals surface area contributed by atoms with Gasteiger partial charge in [0.1, 0.15) is 11.9 Å². The van der Waals surface area contributed by atoms with Crippen molar-refractivity contribution in [2.75, 3.05) is 26.0 Å². The summed E-state index contributed by atoms with van der Waals surface area (Å²) in [6, 6.07) is 8.65. The van der Waals surface area contributed by atoms with Crippen molar-refractivity contribution in [3.63, 3.8) is 0 Å². The maximum absolute atomic E-state index is 13.2. The van der Waals surface area contributed by atoms with Gasteiger partial charge in [-0.2, -0.15) is 17.5 Å². The molecule has 0 radical (unpaired) electrons. The summed E-state index contributed by atoms with van der Waals surface area (Å²) < 4.78 is 83.4. The fourth-order valence-electron chi connectivity index (χ4n) is 3.49. The number of hydrogen-bond donors (Lipinski definition) is 0. The molecule has 0 amide bonds. The highest BCUT2D eigenvalue weighted by molar-refractivity contribution is 7.89. The third-order valence-corrected chi connectivity index (χ3v) is 7.01. The molecule has 1 atom stereocenters. The Hall–Kier alpha value is -2.50. The molecule has 32 heavy (non-hydrogen) atoms. The highest BCUT2D eigenvalue weighted by atomic mass is 32.2. The van der Waals surface area contributed by atoms with Crippen LogP contribution in [-0.4, -0.2) is 55.6 Å². The monoisotopic (exact) mass is 474 g/mol. The number of sulfonamides is 1. The summed E-state index contributed by atoms with van der Waals surface area (Å²) in [6.45, 7) is 0.155. The van der Waals surface area contributed by atoms with Gasteiger partial charge in [-0.1, -0.05) is 24.3 Å². The third kappa shape index (κ3) is 5.84. The normalized spacial score (nSPS) is 20.0. The van der Waals surface area contributed by atoms with Gasteiger partial charge in [0.2, 0.25) is 10.0 Å². The van der Waals surface area contributed by atoms with Crippen molar-refractivity contribution in [1.82, 2.24) is 9.21 Å². The first kappa shape index (κ1) is 24.1. The molecule has 6 nitrogen and oxygen atoms in total. The van der Waals surface area contributed by atoms with Crippen molar-refractivity contribution in [3.05, 3.63) is 71.0 Å². The fraction of sp³-hybridized carbons (Fsp3) is 0.381. The molecule has 2 aromatic carbocycles. The lowest BCUT2D eigenvalue weighted by atomic mass is 10.1. The maximum atomic E-state index is 13.2. The van der Waals surface area contributed by atoms with Crippen molar-refractivity contribution in [2.24, 2.45) is 0 Å². The van der Waals surface area contributed by atoms with Crippen LogP contribution in [-0.2, 0) is 38.8 Å². The van der Waals surface area contributed by atoms with Crippen LogP contribution < -0.4 is 0 Å². The summed E-state index contributed by atoms with van der Waals surface area (Å²) in [7, 11) is -2.78. The number of benzene rings is 2. The highest BCUT2D eigenvalue weighted by Crippen LogP contribution is 2.30. The van der Waals surface area contributed by atoms with E-state index in [1.807, 2.05) is 0 Å². The average molecular weight is 474 g/mol. The number of alkyl halides is 3. The van der Waals surface area contributed by atoms with Crippen LogP contribution in [0.25, 0.3) is 0 Å². The number of carbonyl (C=O) groups is 1. The van der Waals surface area contributed by atoms with E-state index in [1.165, 1.54) is 24.3 Å². The Bertz CT molecular complexity index is 1040. The molecule has 1 heterocycles. The summed E-state index contributed by atoms with van der Waals surface area (Å²) in [5, 5.41) is 0. The summed E-state index contributed by atoms with van der Waals surface area (Å²) in [5.74, 6) is -1.46. The largest absolute Gasteiger partial charge is 0.468 e. The van der Waals surface area contributed by atoms with E-state index in [4.69, 9.17) is 4.74 Å². The molecule has 0 saturated carbocycles. The Kier molecular flexibility index (Phi) is 7.21. The van der Waals surface area contributed by atoms with Gasteiger partial charge < -0.3 is 4.74 Å². The molecule has 0 N–H and O–H groups in total. The fourth-order valence-corrected chi connectivity index (χ4v) is 5.10. The van der Waals surface area contributed by atoms with Crippen molar-refractivity contribution in [2.45, 2.75) is 25.3 Å². The predicted octanol–water partition coefficient (Wildman–Crippen LogP) is 3.03. The first-order chi connectivity index (χ1) is 15.0. The van der Waals surface area contributed by atoms with E-state index in [1.54, 1.807) is 17.0 Å². The third-order valence-electron chi connectivity index (χ3n) is 5.21. The van der Waals surface area contributed by atoms with Crippen LogP contribution in [0.5, 0.6) is 0 Å². The number of halogens is 4. The van der Waals surface area contributed by atoms with Crippen molar-refractivity contribution >= 4 is 16.0 Å². The molecule has 2 aromatic rings. The number of rotatable bonds is 5. The molecular formula is C21H22F4N2O4S. The van der Waals surface area contributed by atoms with Gasteiger partial charge in [-0.05, 0) is 35.4 Å². The van der Waals surface area contributed by atoms with Gasteiger partial charge in [-0.3, -0.25) is 9.69 Å². The topological polar surface area (TPSA) is 66.9 Å². The lowest BCUT2D eigenvalue weighted by Gasteiger charge is -2.28. The predicted molar refractivity (Wildman–Crippen MR) is 108 cm³/mol. The number of methoxy groups -OCH3 is 1. The molecule has 0 bridgehead atoms. The number of carbonyl (C=O) groups excluding carboxylic acids is 1. The molecule has 1 aliphatic heterocycles. The highest BCUT2D eigenvalue weighted by Gasteiger charge is 2.40. The van der Waals surface area contributed by atoms with E-state index >= 15 is 0 Å². The van der Waals surface area contributed by atoms with E-state index in [9.17, 15) is 30.8 Å². The molecule has 11 heteroatoms. The Morgan fingerprint density at radius 1 is 1.03 bits per heavy atom. The lowest BCUT2D eigenvalue weighted by molar-refractivity contribution is -0.146. The number of hydrogen-bond acceptors (Lipinski definition) is 5. The zero-order valence-corrected chi connectivity index (χ0v) is 18.0. The Balaban J connectivity index is 1.86. The quantitative estimate of drug-likeness (QED) is 0.492. The van der Waals surface area contributed by atoms with Gasteiger partial charge in [0.15, 0.2) is 0 Å². The standard InChI is InChI=1S/C21H22F4N2O4S/c1-31-20(28)19-14-26(12-15-4-8-18(22)9-5-15)10-11-32(29,30)27(19)13-16-2-6-17(7-3-16)21(23,24)25/h2-9,19H,10-14H2,1H3. The average Bonchev–Trinajstić information content (AvgIpc) is 2.86. The van der Waals surface area contributed by atoms with Gasteiger partial charge in [-0.15, -0.1) is 0 Å².